The zero-order chi connectivity index (χ0) is 49.9. The molecule has 0 saturated carbocycles. The molecule has 0 aromatic rings. The second-order valence-corrected chi connectivity index (χ2v) is 21.1. The molecule has 0 fully saturated rings. The zero-order valence-electron chi connectivity index (χ0n) is 44.6. The number of esters is 2. The second-order valence-electron chi connectivity index (χ2n) is 19.6. The van der Waals surface area contributed by atoms with Gasteiger partial charge in [-0.1, -0.05) is 209 Å². The number of phosphoric ester groups is 1. The smallest absolute Gasteiger partial charge is 0.462 e. The van der Waals surface area contributed by atoms with Crippen molar-refractivity contribution < 1.29 is 42.1 Å². The van der Waals surface area contributed by atoms with Gasteiger partial charge in [0.2, 0.25) is 0 Å². The summed E-state index contributed by atoms with van der Waals surface area (Å²) in [4.78, 5) is 35.6. The standard InChI is InChI=1S/C58H104NO8P/c1-6-8-10-12-14-16-18-20-22-24-26-28-29-31-32-34-36-38-40-42-44-46-48-50-57(60)64-54-56(55-66-68(62,63)65-53-52-59(3,4)5)67-58(61)51-49-47-45-43-41-39-37-35-33-30-27-25-23-21-19-17-15-13-11-9-7-2/h23,25,30,33-34,36-37,39,42-45,56H,6-22,24,26-29,31-32,35,38,40-41,46-55H2,1-5H3/p+1/b25-23+,33-30+,36-34+,39-37+,44-42+,45-43+/t56-/m1/s1. The second kappa shape index (κ2) is 49.4. The van der Waals surface area contributed by atoms with E-state index in [9.17, 15) is 19.0 Å². The fraction of sp³-hybridized carbons (Fsp3) is 0.759. The number of allylic oxidation sites excluding steroid dienone is 12. The van der Waals surface area contributed by atoms with Crippen LogP contribution in [0.4, 0.5) is 0 Å². The minimum Gasteiger partial charge on any atom is -0.462 e. The van der Waals surface area contributed by atoms with Crippen LogP contribution >= 0.6 is 7.82 Å². The molecule has 2 atom stereocenters. The minimum atomic E-state index is -4.41. The highest BCUT2D eigenvalue weighted by atomic mass is 31.2. The van der Waals surface area contributed by atoms with E-state index >= 15 is 0 Å². The molecule has 0 saturated heterocycles. The number of phosphoric acid groups is 1. The Hall–Kier alpha value is -2.55. The van der Waals surface area contributed by atoms with Gasteiger partial charge in [-0.3, -0.25) is 18.6 Å². The third-order valence-corrected chi connectivity index (χ3v) is 12.7. The van der Waals surface area contributed by atoms with E-state index in [1.54, 1.807) is 0 Å². The van der Waals surface area contributed by atoms with Crippen molar-refractivity contribution in [1.82, 2.24) is 0 Å². The first kappa shape index (κ1) is 65.5. The summed E-state index contributed by atoms with van der Waals surface area (Å²) < 4.78 is 34.4. The Morgan fingerprint density at radius 3 is 1.24 bits per heavy atom. The van der Waals surface area contributed by atoms with Gasteiger partial charge in [0, 0.05) is 12.8 Å². The average Bonchev–Trinajstić information content (AvgIpc) is 3.30. The van der Waals surface area contributed by atoms with E-state index in [1.807, 2.05) is 21.1 Å². The molecule has 0 aliphatic heterocycles. The predicted molar refractivity (Wildman–Crippen MR) is 289 cm³/mol. The van der Waals surface area contributed by atoms with Gasteiger partial charge in [-0.25, -0.2) is 4.57 Å². The van der Waals surface area contributed by atoms with Crippen molar-refractivity contribution in [2.75, 3.05) is 47.5 Å². The molecule has 0 spiro atoms. The highest BCUT2D eigenvalue weighted by Gasteiger charge is 2.27. The quantitative estimate of drug-likeness (QED) is 0.0211. The lowest BCUT2D eigenvalue weighted by Crippen LogP contribution is -2.37. The fourth-order valence-corrected chi connectivity index (χ4v) is 8.12. The Morgan fingerprint density at radius 2 is 0.809 bits per heavy atom. The molecule has 0 aromatic carbocycles. The number of unbranched alkanes of at least 4 members (excludes halogenated alkanes) is 24. The largest absolute Gasteiger partial charge is 0.472 e. The molecule has 0 radical (unpaired) electrons. The minimum absolute atomic E-state index is 0.0130. The van der Waals surface area contributed by atoms with Crippen LogP contribution in [0.5, 0.6) is 0 Å². The van der Waals surface area contributed by atoms with Crippen LogP contribution in [0.1, 0.15) is 232 Å². The summed E-state index contributed by atoms with van der Waals surface area (Å²) in [6, 6.07) is 0. The normalized spacial score (nSPS) is 13.9. The first-order valence-electron chi connectivity index (χ1n) is 27.7. The van der Waals surface area contributed by atoms with Crippen molar-refractivity contribution in [3.63, 3.8) is 0 Å². The van der Waals surface area contributed by atoms with Gasteiger partial charge in [-0.2, -0.15) is 0 Å². The summed E-state index contributed by atoms with van der Waals surface area (Å²) in [7, 11) is 1.42. The van der Waals surface area contributed by atoms with Crippen LogP contribution in [0.25, 0.3) is 0 Å². The van der Waals surface area contributed by atoms with Gasteiger partial charge in [0.15, 0.2) is 6.10 Å². The van der Waals surface area contributed by atoms with Crippen molar-refractivity contribution >= 4 is 19.8 Å². The lowest BCUT2D eigenvalue weighted by molar-refractivity contribution is -0.870. The molecular weight excluding hydrogens is 870 g/mol. The first-order chi connectivity index (χ1) is 33.0. The first-order valence-corrected chi connectivity index (χ1v) is 29.2. The van der Waals surface area contributed by atoms with E-state index in [-0.39, 0.29) is 26.1 Å². The van der Waals surface area contributed by atoms with Crippen molar-refractivity contribution in [3.05, 3.63) is 72.9 Å². The lowest BCUT2D eigenvalue weighted by Gasteiger charge is -2.24. The number of quaternary nitrogens is 1. The third-order valence-electron chi connectivity index (χ3n) is 11.7. The van der Waals surface area contributed by atoms with Crippen molar-refractivity contribution in [1.29, 1.82) is 0 Å². The summed E-state index contributed by atoms with van der Waals surface area (Å²) in [6.07, 6.45) is 64.2. The number of nitrogens with zero attached hydrogens (tertiary/aromatic N) is 1. The van der Waals surface area contributed by atoms with Crippen LogP contribution in [0.2, 0.25) is 0 Å². The van der Waals surface area contributed by atoms with Gasteiger partial charge in [-0.15, -0.1) is 0 Å². The number of carbonyl (C=O) groups excluding carboxylic acids is 2. The van der Waals surface area contributed by atoms with Crippen molar-refractivity contribution in [3.8, 4) is 0 Å². The van der Waals surface area contributed by atoms with Crippen LogP contribution in [0.15, 0.2) is 72.9 Å². The predicted octanol–water partition coefficient (Wildman–Crippen LogP) is 16.9. The summed E-state index contributed by atoms with van der Waals surface area (Å²) in [5.41, 5.74) is 0. The Bertz CT molecular complexity index is 1380. The Labute approximate surface area is 418 Å². The Morgan fingerprint density at radius 1 is 0.456 bits per heavy atom. The molecule has 0 rings (SSSR count). The number of hydrogen-bond acceptors (Lipinski definition) is 7. The molecule has 9 nitrogen and oxygen atoms in total. The van der Waals surface area contributed by atoms with Gasteiger partial charge in [0.05, 0.1) is 27.7 Å². The van der Waals surface area contributed by atoms with E-state index in [0.717, 1.165) is 44.9 Å². The van der Waals surface area contributed by atoms with E-state index in [2.05, 4.69) is 86.8 Å². The van der Waals surface area contributed by atoms with E-state index in [0.29, 0.717) is 30.3 Å². The third kappa shape index (κ3) is 52.8. The Kier molecular flexibility index (Phi) is 47.6. The molecule has 394 valence electrons. The zero-order valence-corrected chi connectivity index (χ0v) is 45.5. The van der Waals surface area contributed by atoms with Gasteiger partial charge >= 0.3 is 19.8 Å². The molecule has 68 heavy (non-hydrogen) atoms. The van der Waals surface area contributed by atoms with Crippen LogP contribution < -0.4 is 0 Å². The van der Waals surface area contributed by atoms with Gasteiger partial charge in [-0.05, 0) is 83.5 Å². The van der Waals surface area contributed by atoms with Gasteiger partial charge in [0.25, 0.3) is 0 Å². The summed E-state index contributed by atoms with van der Waals surface area (Å²) in [5, 5.41) is 0. The van der Waals surface area contributed by atoms with Crippen LogP contribution in [-0.2, 0) is 32.7 Å². The highest BCUT2D eigenvalue weighted by molar-refractivity contribution is 7.47. The number of hydrogen-bond donors (Lipinski definition) is 1. The SMILES string of the molecule is CCCCCCCCC/C=C/C/C=C/C/C=C/C/C=C/CCCC(=O)O[C@H](COC(=O)CCC/C=C/CC/C=C/CCCCCCCCCCCCCCCC)COP(=O)(O)OCC[N+](C)(C)C. The van der Waals surface area contributed by atoms with Gasteiger partial charge < -0.3 is 18.9 Å². The maximum Gasteiger partial charge on any atom is 0.472 e. The van der Waals surface area contributed by atoms with E-state index < -0.39 is 32.5 Å². The molecule has 0 amide bonds. The summed E-state index contributed by atoms with van der Waals surface area (Å²) in [6.45, 7) is 4.33. The van der Waals surface area contributed by atoms with E-state index in [1.165, 1.54) is 141 Å². The molecule has 0 bridgehead atoms. The molecule has 1 N–H and O–H groups in total. The molecule has 0 aliphatic carbocycles. The van der Waals surface area contributed by atoms with Gasteiger partial charge in [0.1, 0.15) is 19.8 Å². The molecular formula is C58H105NO8P+. The maximum absolute atomic E-state index is 12.7. The van der Waals surface area contributed by atoms with Crippen molar-refractivity contribution in [2.45, 2.75) is 238 Å². The van der Waals surface area contributed by atoms with Crippen LogP contribution in [0, 0.1) is 0 Å². The number of rotatable bonds is 50. The van der Waals surface area contributed by atoms with Crippen LogP contribution in [-0.4, -0.2) is 74.9 Å². The van der Waals surface area contributed by atoms with E-state index in [4.69, 9.17) is 18.5 Å². The number of ether oxygens (including phenoxy) is 2. The summed E-state index contributed by atoms with van der Waals surface area (Å²) >= 11 is 0. The average molecular weight is 975 g/mol. The molecule has 0 heterocycles. The monoisotopic (exact) mass is 975 g/mol. The van der Waals surface area contributed by atoms with Crippen LogP contribution in [0.3, 0.4) is 0 Å². The highest BCUT2D eigenvalue weighted by Crippen LogP contribution is 2.43. The van der Waals surface area contributed by atoms with Crippen molar-refractivity contribution in [2.24, 2.45) is 0 Å². The summed E-state index contributed by atoms with van der Waals surface area (Å²) in [5.74, 6) is -0.912. The maximum atomic E-state index is 12.7. The number of likely N-dealkylation sites (N-methyl/N-ethyl adjacent to an activating group) is 1. The molecule has 10 heteroatoms. The lowest BCUT2D eigenvalue weighted by atomic mass is 10.0. The topological polar surface area (TPSA) is 108 Å². The molecule has 1 unspecified atom stereocenters. The Balaban J connectivity index is 4.35. The molecule has 0 aliphatic rings. The number of carbonyl (C=O) groups is 2. The molecule has 0 aromatic heterocycles. The fourth-order valence-electron chi connectivity index (χ4n) is 7.38.